The maximum Gasteiger partial charge on any atom is -0.0233 e. The predicted molar refractivity (Wildman–Crippen MR) is 104 cm³/mol. The quantitative estimate of drug-likeness (QED) is 0.402. The molecule has 0 bridgehead atoms. The normalized spacial score (nSPS) is 32.3. The second-order valence-electron chi connectivity index (χ2n) is 8.38. The molecule has 0 aromatic carbocycles. The Kier molecular flexibility index (Phi) is 8.48. The summed E-state index contributed by atoms with van der Waals surface area (Å²) in [7, 11) is 0. The van der Waals surface area contributed by atoms with E-state index in [1.54, 1.807) is 0 Å². The molecule has 0 aliphatic heterocycles. The Hall–Kier alpha value is -0.520. The van der Waals surface area contributed by atoms with Crippen molar-refractivity contribution in [1.29, 1.82) is 0 Å². The van der Waals surface area contributed by atoms with E-state index < -0.39 is 0 Å². The first-order valence-electron chi connectivity index (χ1n) is 10.6. The van der Waals surface area contributed by atoms with Crippen LogP contribution in [-0.2, 0) is 0 Å². The summed E-state index contributed by atoms with van der Waals surface area (Å²) in [6.45, 7) is 8.73. The van der Waals surface area contributed by atoms with Gasteiger partial charge in [-0.15, -0.1) is 0 Å². The molecule has 0 amide bonds. The minimum atomic E-state index is 0.883. The zero-order valence-electron chi connectivity index (χ0n) is 15.9. The predicted octanol–water partition coefficient (Wildman–Crippen LogP) is 7.70. The van der Waals surface area contributed by atoms with Crippen molar-refractivity contribution in [2.45, 2.75) is 97.3 Å². The van der Waals surface area contributed by atoms with Gasteiger partial charge in [-0.25, -0.2) is 0 Å². The Balaban J connectivity index is 1.61. The van der Waals surface area contributed by atoms with E-state index in [4.69, 9.17) is 0 Å². The lowest BCUT2D eigenvalue weighted by Crippen LogP contribution is -2.15. The van der Waals surface area contributed by atoms with E-state index in [1.807, 2.05) is 0 Å². The fraction of sp³-hybridized carbons (Fsp3) is 0.826. The third kappa shape index (κ3) is 6.86. The van der Waals surface area contributed by atoms with Gasteiger partial charge in [0.2, 0.25) is 0 Å². The van der Waals surface area contributed by atoms with Gasteiger partial charge in [-0.1, -0.05) is 51.0 Å². The van der Waals surface area contributed by atoms with Crippen molar-refractivity contribution in [3.63, 3.8) is 0 Å². The SMILES string of the molecule is C=C(CC)CCC1CCC(C=CC2CCC(CCC)CC2)CC1. The molecule has 2 rings (SSSR count). The summed E-state index contributed by atoms with van der Waals surface area (Å²) in [5, 5.41) is 0. The molecule has 2 fully saturated rings. The Bertz CT molecular complexity index is 348. The van der Waals surface area contributed by atoms with Gasteiger partial charge in [0, 0.05) is 0 Å². The van der Waals surface area contributed by atoms with Crippen LogP contribution in [0.15, 0.2) is 24.3 Å². The fourth-order valence-electron chi connectivity index (χ4n) is 4.65. The van der Waals surface area contributed by atoms with Crippen molar-refractivity contribution in [3.8, 4) is 0 Å². The molecular weight excluding hydrogens is 276 g/mol. The van der Waals surface area contributed by atoms with Crippen molar-refractivity contribution in [2.24, 2.45) is 23.7 Å². The third-order valence-electron chi connectivity index (χ3n) is 6.54. The van der Waals surface area contributed by atoms with Crippen LogP contribution in [0.1, 0.15) is 97.3 Å². The van der Waals surface area contributed by atoms with Gasteiger partial charge in [-0.3, -0.25) is 0 Å². The molecule has 0 radical (unpaired) electrons. The fourth-order valence-corrected chi connectivity index (χ4v) is 4.65. The molecule has 0 saturated heterocycles. The molecule has 0 atom stereocenters. The zero-order chi connectivity index (χ0) is 16.5. The highest BCUT2D eigenvalue weighted by atomic mass is 14.3. The van der Waals surface area contributed by atoms with Crippen molar-refractivity contribution < 1.29 is 0 Å². The second kappa shape index (κ2) is 10.4. The van der Waals surface area contributed by atoms with Crippen LogP contribution in [0.4, 0.5) is 0 Å². The molecule has 0 heteroatoms. The highest BCUT2D eigenvalue weighted by molar-refractivity contribution is 4.97. The maximum atomic E-state index is 4.16. The average Bonchev–Trinajstić information content (AvgIpc) is 2.60. The van der Waals surface area contributed by atoms with E-state index >= 15 is 0 Å². The first-order chi connectivity index (χ1) is 11.2. The summed E-state index contributed by atoms with van der Waals surface area (Å²) >= 11 is 0. The van der Waals surface area contributed by atoms with Gasteiger partial charge in [0.25, 0.3) is 0 Å². The van der Waals surface area contributed by atoms with Gasteiger partial charge < -0.3 is 0 Å². The van der Waals surface area contributed by atoms with Crippen LogP contribution >= 0.6 is 0 Å². The lowest BCUT2D eigenvalue weighted by Gasteiger charge is -2.29. The largest absolute Gasteiger partial charge is 0.0999 e. The number of hydrogen-bond donors (Lipinski definition) is 0. The Morgan fingerprint density at radius 1 is 0.783 bits per heavy atom. The van der Waals surface area contributed by atoms with E-state index in [-0.39, 0.29) is 0 Å². The molecule has 2 aliphatic rings. The topological polar surface area (TPSA) is 0 Å². The maximum absolute atomic E-state index is 4.16. The summed E-state index contributed by atoms with van der Waals surface area (Å²) in [4.78, 5) is 0. The summed E-state index contributed by atoms with van der Waals surface area (Å²) in [6, 6.07) is 0. The molecule has 23 heavy (non-hydrogen) atoms. The monoisotopic (exact) mass is 316 g/mol. The van der Waals surface area contributed by atoms with Gasteiger partial charge in [-0.05, 0) is 94.3 Å². The number of rotatable bonds is 8. The van der Waals surface area contributed by atoms with Crippen LogP contribution in [0.5, 0.6) is 0 Å². The highest BCUT2D eigenvalue weighted by Crippen LogP contribution is 2.35. The first-order valence-corrected chi connectivity index (χ1v) is 10.6. The molecule has 0 unspecified atom stereocenters. The van der Waals surface area contributed by atoms with Gasteiger partial charge in [0.05, 0.1) is 0 Å². The molecule has 0 heterocycles. The van der Waals surface area contributed by atoms with E-state index in [1.165, 1.54) is 89.0 Å². The summed E-state index contributed by atoms with van der Waals surface area (Å²) in [6.07, 6.45) is 23.5. The summed E-state index contributed by atoms with van der Waals surface area (Å²) in [5.41, 5.74) is 1.45. The summed E-state index contributed by atoms with van der Waals surface area (Å²) in [5.74, 6) is 3.80. The summed E-state index contributed by atoms with van der Waals surface area (Å²) < 4.78 is 0. The highest BCUT2D eigenvalue weighted by Gasteiger charge is 2.21. The molecule has 2 aliphatic carbocycles. The van der Waals surface area contributed by atoms with Gasteiger partial charge in [0.15, 0.2) is 0 Å². The van der Waals surface area contributed by atoms with Crippen LogP contribution in [0.3, 0.4) is 0 Å². The molecule has 0 spiro atoms. The Labute approximate surface area is 145 Å². The minimum absolute atomic E-state index is 0.883. The molecule has 0 aromatic heterocycles. The zero-order valence-corrected chi connectivity index (χ0v) is 15.9. The Morgan fingerprint density at radius 2 is 1.26 bits per heavy atom. The van der Waals surface area contributed by atoms with E-state index in [0.717, 1.165) is 23.7 Å². The lowest BCUT2D eigenvalue weighted by molar-refractivity contribution is 0.285. The molecule has 0 aromatic rings. The van der Waals surface area contributed by atoms with Gasteiger partial charge >= 0.3 is 0 Å². The average molecular weight is 317 g/mol. The third-order valence-corrected chi connectivity index (χ3v) is 6.54. The minimum Gasteiger partial charge on any atom is -0.0999 e. The van der Waals surface area contributed by atoms with Crippen LogP contribution in [0.2, 0.25) is 0 Å². The first kappa shape index (κ1) is 18.8. The van der Waals surface area contributed by atoms with Crippen molar-refractivity contribution in [1.82, 2.24) is 0 Å². The van der Waals surface area contributed by atoms with Crippen LogP contribution in [0, 0.1) is 23.7 Å². The lowest BCUT2D eigenvalue weighted by atomic mass is 9.77. The van der Waals surface area contributed by atoms with Crippen LogP contribution < -0.4 is 0 Å². The van der Waals surface area contributed by atoms with E-state index in [0.29, 0.717) is 0 Å². The number of allylic oxidation sites excluding steroid dienone is 3. The van der Waals surface area contributed by atoms with Crippen LogP contribution in [0.25, 0.3) is 0 Å². The van der Waals surface area contributed by atoms with Crippen molar-refractivity contribution in [2.75, 3.05) is 0 Å². The van der Waals surface area contributed by atoms with Crippen LogP contribution in [-0.4, -0.2) is 0 Å². The molecule has 0 nitrogen and oxygen atoms in total. The molecule has 132 valence electrons. The van der Waals surface area contributed by atoms with Crippen molar-refractivity contribution in [3.05, 3.63) is 24.3 Å². The van der Waals surface area contributed by atoms with Crippen molar-refractivity contribution >= 4 is 0 Å². The molecule has 0 N–H and O–H groups in total. The van der Waals surface area contributed by atoms with E-state index in [9.17, 15) is 0 Å². The number of hydrogen-bond acceptors (Lipinski definition) is 0. The van der Waals surface area contributed by atoms with Gasteiger partial charge in [-0.2, -0.15) is 0 Å². The molecular formula is C23H40. The molecule has 2 saturated carbocycles. The smallest absolute Gasteiger partial charge is 0.0233 e. The van der Waals surface area contributed by atoms with E-state index in [2.05, 4.69) is 32.6 Å². The second-order valence-corrected chi connectivity index (χ2v) is 8.38. The standard InChI is InChI=1S/C23H40/c1-4-6-20-9-11-22(12-10-20)17-18-23-15-13-21(14-16-23)8-7-19(3)5-2/h17-18,20-23H,3-16H2,1-2H3. The Morgan fingerprint density at radius 3 is 1.70 bits per heavy atom. The van der Waals surface area contributed by atoms with Gasteiger partial charge in [0.1, 0.15) is 0 Å².